The van der Waals surface area contributed by atoms with Crippen LogP contribution in [-0.2, 0) is 6.42 Å². The number of fused-ring (bicyclic) bond motifs is 1. The lowest BCUT2D eigenvalue weighted by Crippen LogP contribution is -2.12. The quantitative estimate of drug-likeness (QED) is 0.572. The first kappa shape index (κ1) is 15.2. The highest BCUT2D eigenvalue weighted by molar-refractivity contribution is 9.10. The van der Waals surface area contributed by atoms with Crippen LogP contribution in [0.25, 0.3) is 0 Å². The zero-order valence-corrected chi connectivity index (χ0v) is 14.6. The van der Waals surface area contributed by atoms with Gasteiger partial charge in [-0.15, -0.1) is 0 Å². The Morgan fingerprint density at radius 1 is 1.05 bits per heavy atom. The summed E-state index contributed by atoms with van der Waals surface area (Å²) in [6.45, 7) is 0. The molecule has 2 aromatic rings. The van der Waals surface area contributed by atoms with E-state index in [0.29, 0.717) is 10.0 Å². The third-order valence-electron chi connectivity index (χ3n) is 3.94. The van der Waals surface area contributed by atoms with E-state index in [-0.39, 0.29) is 6.04 Å². The van der Waals surface area contributed by atoms with Gasteiger partial charge in [-0.2, -0.15) is 0 Å². The van der Waals surface area contributed by atoms with E-state index in [1.165, 1.54) is 24.0 Å². The molecule has 0 aromatic heterocycles. The summed E-state index contributed by atoms with van der Waals surface area (Å²) < 4.78 is 0.893. The maximum Gasteiger partial charge on any atom is 0.0724 e. The van der Waals surface area contributed by atoms with Crippen LogP contribution in [0, 0.1) is 0 Å². The van der Waals surface area contributed by atoms with E-state index in [0.717, 1.165) is 23.0 Å². The molecule has 0 saturated carbocycles. The first-order chi connectivity index (χ1) is 10.1. The molecule has 1 aliphatic rings. The Balaban J connectivity index is 1.95. The maximum atomic E-state index is 6.34. The van der Waals surface area contributed by atoms with Crippen LogP contribution >= 0.6 is 39.1 Å². The van der Waals surface area contributed by atoms with Gasteiger partial charge in [0.2, 0.25) is 0 Å². The summed E-state index contributed by atoms with van der Waals surface area (Å²) in [5.74, 6) is 0. The van der Waals surface area contributed by atoms with Gasteiger partial charge >= 0.3 is 0 Å². The molecule has 1 nitrogen and oxygen atoms in total. The highest BCUT2D eigenvalue weighted by Crippen LogP contribution is 2.38. The summed E-state index contributed by atoms with van der Waals surface area (Å²) in [5, 5.41) is 4.85. The zero-order chi connectivity index (χ0) is 14.8. The summed E-state index contributed by atoms with van der Waals surface area (Å²) in [6, 6.07) is 12.7. The van der Waals surface area contributed by atoms with Gasteiger partial charge in [-0.05, 0) is 42.5 Å². The standard InChI is InChI=1S/C17H16BrCl2N/c18-12-9-14(19)17(15(20)10-12)21-16-8-4-2-6-11-5-1-3-7-13(11)16/h1,3,5,7,9-10,16,21H,2,4,6,8H2. The fraction of sp³-hybridized carbons (Fsp3) is 0.294. The minimum Gasteiger partial charge on any atom is -0.376 e. The van der Waals surface area contributed by atoms with Gasteiger partial charge in [0.25, 0.3) is 0 Å². The molecule has 0 saturated heterocycles. The van der Waals surface area contributed by atoms with E-state index < -0.39 is 0 Å². The highest BCUT2D eigenvalue weighted by atomic mass is 79.9. The minimum absolute atomic E-state index is 0.264. The molecular formula is C17H16BrCl2N. The Kier molecular flexibility index (Phi) is 4.78. The van der Waals surface area contributed by atoms with Gasteiger partial charge in [-0.1, -0.05) is 69.8 Å². The molecule has 110 valence electrons. The highest BCUT2D eigenvalue weighted by Gasteiger charge is 2.20. The van der Waals surface area contributed by atoms with Gasteiger partial charge in [-0.25, -0.2) is 0 Å². The first-order valence-corrected chi connectivity index (χ1v) is 8.69. The van der Waals surface area contributed by atoms with Crippen molar-refractivity contribution in [2.75, 3.05) is 5.32 Å². The molecule has 1 atom stereocenters. The van der Waals surface area contributed by atoms with Crippen molar-refractivity contribution in [2.24, 2.45) is 0 Å². The van der Waals surface area contributed by atoms with Crippen LogP contribution in [0.5, 0.6) is 0 Å². The minimum atomic E-state index is 0.264. The Labute approximate surface area is 143 Å². The van der Waals surface area contributed by atoms with Crippen LogP contribution in [-0.4, -0.2) is 0 Å². The second kappa shape index (κ2) is 6.60. The zero-order valence-electron chi connectivity index (χ0n) is 11.5. The molecular weight excluding hydrogens is 369 g/mol. The van der Waals surface area contributed by atoms with Gasteiger partial charge in [0, 0.05) is 4.47 Å². The number of hydrogen-bond donors (Lipinski definition) is 1. The number of nitrogens with one attached hydrogen (secondary N) is 1. The van der Waals surface area contributed by atoms with E-state index in [1.54, 1.807) is 0 Å². The van der Waals surface area contributed by atoms with Crippen molar-refractivity contribution in [1.82, 2.24) is 0 Å². The van der Waals surface area contributed by atoms with E-state index >= 15 is 0 Å². The van der Waals surface area contributed by atoms with Crippen LogP contribution in [0.2, 0.25) is 10.0 Å². The van der Waals surface area contributed by atoms with Crippen LogP contribution in [0.4, 0.5) is 5.69 Å². The SMILES string of the molecule is Clc1cc(Br)cc(Cl)c1NC1CCCCc2ccccc21. The number of rotatable bonds is 2. The smallest absolute Gasteiger partial charge is 0.0724 e. The fourth-order valence-corrected chi connectivity index (χ4v) is 4.24. The summed E-state index contributed by atoms with van der Waals surface area (Å²) in [5.41, 5.74) is 3.62. The van der Waals surface area contributed by atoms with Crippen molar-refractivity contribution in [3.63, 3.8) is 0 Å². The molecule has 1 N–H and O–H groups in total. The molecule has 0 amide bonds. The maximum absolute atomic E-state index is 6.34. The van der Waals surface area contributed by atoms with Crippen LogP contribution in [0.15, 0.2) is 40.9 Å². The normalized spacial score (nSPS) is 18.0. The molecule has 1 unspecified atom stereocenters. The van der Waals surface area contributed by atoms with Crippen LogP contribution < -0.4 is 5.32 Å². The van der Waals surface area contributed by atoms with Gasteiger partial charge < -0.3 is 5.32 Å². The molecule has 2 aromatic carbocycles. The number of aryl methyl sites for hydroxylation is 1. The van der Waals surface area contributed by atoms with Crippen molar-refractivity contribution in [2.45, 2.75) is 31.7 Å². The molecule has 4 heteroatoms. The van der Waals surface area contributed by atoms with Crippen molar-refractivity contribution in [3.05, 3.63) is 62.0 Å². The number of benzene rings is 2. The van der Waals surface area contributed by atoms with Crippen molar-refractivity contribution < 1.29 is 0 Å². The summed E-state index contributed by atoms with van der Waals surface area (Å²) in [4.78, 5) is 0. The second-order valence-corrected chi connectivity index (χ2v) is 7.12. The van der Waals surface area contributed by atoms with E-state index in [2.05, 4.69) is 45.5 Å². The van der Waals surface area contributed by atoms with E-state index in [4.69, 9.17) is 23.2 Å². The van der Waals surface area contributed by atoms with Crippen molar-refractivity contribution in [3.8, 4) is 0 Å². The van der Waals surface area contributed by atoms with Gasteiger partial charge in [-0.3, -0.25) is 0 Å². The Hall–Kier alpha value is -0.700. The third-order valence-corrected chi connectivity index (χ3v) is 5.00. The monoisotopic (exact) mass is 383 g/mol. The van der Waals surface area contributed by atoms with Gasteiger partial charge in [0.05, 0.1) is 21.8 Å². The van der Waals surface area contributed by atoms with Crippen LogP contribution in [0.3, 0.4) is 0 Å². The lowest BCUT2D eigenvalue weighted by atomic mass is 9.99. The van der Waals surface area contributed by atoms with Gasteiger partial charge in [0.15, 0.2) is 0 Å². The average molecular weight is 385 g/mol. The average Bonchev–Trinajstić information content (AvgIpc) is 2.65. The largest absolute Gasteiger partial charge is 0.376 e. The summed E-state index contributed by atoms with van der Waals surface area (Å²) in [7, 11) is 0. The molecule has 1 aliphatic carbocycles. The number of hydrogen-bond acceptors (Lipinski definition) is 1. The van der Waals surface area contributed by atoms with Gasteiger partial charge in [0.1, 0.15) is 0 Å². The first-order valence-electron chi connectivity index (χ1n) is 7.14. The fourth-order valence-electron chi connectivity index (χ4n) is 2.93. The Morgan fingerprint density at radius 3 is 2.52 bits per heavy atom. The Bertz CT molecular complexity index is 634. The lowest BCUT2D eigenvalue weighted by molar-refractivity contribution is 0.644. The molecule has 0 radical (unpaired) electrons. The molecule has 0 heterocycles. The number of anilines is 1. The molecule has 0 spiro atoms. The molecule has 3 rings (SSSR count). The van der Waals surface area contributed by atoms with E-state index in [9.17, 15) is 0 Å². The van der Waals surface area contributed by atoms with E-state index in [1.807, 2.05) is 12.1 Å². The molecule has 21 heavy (non-hydrogen) atoms. The lowest BCUT2D eigenvalue weighted by Gasteiger charge is -2.22. The molecule has 0 fully saturated rings. The number of halogens is 3. The van der Waals surface area contributed by atoms with Crippen molar-refractivity contribution >= 4 is 44.8 Å². The topological polar surface area (TPSA) is 12.0 Å². The van der Waals surface area contributed by atoms with Crippen molar-refractivity contribution in [1.29, 1.82) is 0 Å². The predicted octanol–water partition coefficient (Wildman–Crippen LogP) is 6.64. The molecule has 0 aliphatic heterocycles. The van der Waals surface area contributed by atoms with Crippen LogP contribution in [0.1, 0.15) is 36.4 Å². The summed E-state index contributed by atoms with van der Waals surface area (Å²) in [6.07, 6.45) is 4.69. The predicted molar refractivity (Wildman–Crippen MR) is 94.5 cm³/mol. The summed E-state index contributed by atoms with van der Waals surface area (Å²) >= 11 is 16.1. The Morgan fingerprint density at radius 2 is 1.76 bits per heavy atom. The second-order valence-electron chi connectivity index (χ2n) is 5.39. The molecule has 0 bridgehead atoms. The third kappa shape index (κ3) is 3.39.